The number of carbonyl (C=O) groups is 2. The van der Waals surface area contributed by atoms with Crippen molar-refractivity contribution in [3.63, 3.8) is 0 Å². The number of carbonyl (C=O) groups excluding carboxylic acids is 2. The first-order valence-corrected chi connectivity index (χ1v) is 11.2. The molecule has 3 aromatic rings. The average molecular weight is 434 g/mol. The summed E-state index contributed by atoms with van der Waals surface area (Å²) in [4.78, 5) is 33.3. The van der Waals surface area contributed by atoms with E-state index in [2.05, 4.69) is 10.3 Å². The van der Waals surface area contributed by atoms with E-state index in [0.29, 0.717) is 34.0 Å². The molecule has 0 atom stereocenters. The smallest absolute Gasteiger partial charge is 0.273 e. The lowest BCUT2D eigenvalue weighted by atomic mass is 9.94. The zero-order valence-electron chi connectivity index (χ0n) is 17.5. The number of halogens is 1. The van der Waals surface area contributed by atoms with Gasteiger partial charge in [0, 0.05) is 34.2 Å². The summed E-state index contributed by atoms with van der Waals surface area (Å²) in [5.74, 6) is -0.298. The van der Waals surface area contributed by atoms with Crippen molar-refractivity contribution in [2.75, 3.05) is 5.32 Å². The molecule has 2 aliphatic rings. The van der Waals surface area contributed by atoms with Gasteiger partial charge in [0.05, 0.1) is 11.1 Å². The highest BCUT2D eigenvalue weighted by Crippen LogP contribution is 2.35. The highest BCUT2D eigenvalue weighted by Gasteiger charge is 2.38. The van der Waals surface area contributed by atoms with Crippen molar-refractivity contribution >= 4 is 40.0 Å². The van der Waals surface area contributed by atoms with Gasteiger partial charge in [-0.15, -0.1) is 0 Å². The second-order valence-corrected chi connectivity index (χ2v) is 8.88. The zero-order chi connectivity index (χ0) is 21.5. The Kier molecular flexibility index (Phi) is 5.14. The molecule has 2 amide bonds. The molecule has 5 rings (SSSR count). The predicted molar refractivity (Wildman–Crippen MR) is 123 cm³/mol. The number of hydrogen-bond acceptors (Lipinski definition) is 3. The van der Waals surface area contributed by atoms with E-state index in [9.17, 15) is 9.59 Å². The van der Waals surface area contributed by atoms with Crippen molar-refractivity contribution in [3.05, 3.63) is 69.9 Å². The molecule has 2 aromatic carbocycles. The number of nitrogens with zero attached hydrogens (tertiary/aromatic N) is 2. The molecule has 1 aliphatic carbocycles. The second kappa shape index (κ2) is 7.97. The maximum absolute atomic E-state index is 13.5. The summed E-state index contributed by atoms with van der Waals surface area (Å²) in [5.41, 5.74) is 3.91. The molecule has 1 fully saturated rings. The largest absolute Gasteiger partial charge is 0.330 e. The second-order valence-electron chi connectivity index (χ2n) is 8.47. The van der Waals surface area contributed by atoms with Gasteiger partial charge in [0.15, 0.2) is 0 Å². The number of aryl methyl sites for hydroxylation is 1. The van der Waals surface area contributed by atoms with Crippen LogP contribution < -0.4 is 5.32 Å². The minimum Gasteiger partial charge on any atom is -0.330 e. The third-order valence-corrected chi connectivity index (χ3v) is 6.86. The summed E-state index contributed by atoms with van der Waals surface area (Å²) in [5, 5.41) is 4.33. The van der Waals surface area contributed by atoms with Crippen LogP contribution in [0.5, 0.6) is 0 Å². The molecule has 1 aliphatic heterocycles. The van der Waals surface area contributed by atoms with E-state index < -0.39 is 0 Å². The van der Waals surface area contributed by atoms with Gasteiger partial charge in [0.2, 0.25) is 0 Å². The first-order chi connectivity index (χ1) is 15.0. The Morgan fingerprint density at radius 2 is 1.90 bits per heavy atom. The van der Waals surface area contributed by atoms with Gasteiger partial charge in [-0.3, -0.25) is 9.59 Å². The Labute approximate surface area is 186 Å². The molecule has 0 saturated heterocycles. The van der Waals surface area contributed by atoms with Gasteiger partial charge < -0.3 is 10.2 Å². The van der Waals surface area contributed by atoms with Gasteiger partial charge in [0.25, 0.3) is 11.8 Å². The summed E-state index contributed by atoms with van der Waals surface area (Å²) in [6, 6.07) is 13.2. The van der Waals surface area contributed by atoms with Gasteiger partial charge in [-0.1, -0.05) is 55.1 Å². The highest BCUT2D eigenvalue weighted by molar-refractivity contribution is 6.31. The molecule has 1 N–H and O–H groups in total. The van der Waals surface area contributed by atoms with E-state index in [1.165, 1.54) is 6.42 Å². The molecular formula is C25H24ClN3O2. The third kappa shape index (κ3) is 3.57. The topological polar surface area (TPSA) is 62.3 Å². The Hall–Kier alpha value is -2.92. The maximum atomic E-state index is 13.5. The molecule has 0 bridgehead atoms. The standard InChI is InChI=1S/C25H24ClN3O2/c1-15-11-12-16(13-20(15)26)27-24(30)22-18-9-5-6-10-21(18)28-23-19(22)14-29(25(23)31)17-7-3-2-4-8-17/h5-6,9-13,17H,2-4,7-8,14H2,1H3,(H,27,30). The molecule has 0 spiro atoms. The number of aromatic nitrogens is 1. The van der Waals surface area contributed by atoms with Crippen LogP contribution in [0.3, 0.4) is 0 Å². The van der Waals surface area contributed by atoms with Gasteiger partial charge in [0.1, 0.15) is 5.69 Å². The summed E-state index contributed by atoms with van der Waals surface area (Å²) in [7, 11) is 0. The van der Waals surface area contributed by atoms with Crippen LogP contribution in [-0.4, -0.2) is 27.7 Å². The van der Waals surface area contributed by atoms with E-state index in [1.54, 1.807) is 6.07 Å². The molecule has 1 aromatic heterocycles. The number of para-hydroxylation sites is 1. The number of pyridine rings is 1. The Balaban J connectivity index is 1.57. The van der Waals surface area contributed by atoms with Crippen molar-refractivity contribution < 1.29 is 9.59 Å². The first kappa shape index (κ1) is 20.0. The number of anilines is 1. The molecule has 31 heavy (non-hydrogen) atoms. The van der Waals surface area contributed by atoms with E-state index in [4.69, 9.17) is 11.6 Å². The third-order valence-electron chi connectivity index (χ3n) is 6.46. The van der Waals surface area contributed by atoms with Crippen molar-refractivity contribution in [2.45, 2.75) is 51.6 Å². The van der Waals surface area contributed by atoms with E-state index in [1.807, 2.05) is 48.2 Å². The van der Waals surface area contributed by atoms with Crippen LogP contribution in [0.4, 0.5) is 5.69 Å². The number of nitrogens with one attached hydrogen (secondary N) is 1. The summed E-state index contributed by atoms with van der Waals surface area (Å²) in [6.45, 7) is 2.36. The SMILES string of the molecule is Cc1ccc(NC(=O)c2c3c(nc4ccccc24)C(=O)N(C2CCCCC2)C3)cc1Cl. The molecule has 0 unspecified atom stereocenters. The van der Waals surface area contributed by atoms with Crippen LogP contribution in [0.2, 0.25) is 5.02 Å². The summed E-state index contributed by atoms with van der Waals surface area (Å²) in [6.07, 6.45) is 5.54. The van der Waals surface area contributed by atoms with Gasteiger partial charge in [-0.2, -0.15) is 0 Å². The lowest BCUT2D eigenvalue weighted by Crippen LogP contribution is -2.37. The maximum Gasteiger partial charge on any atom is 0.273 e. The van der Waals surface area contributed by atoms with Crippen molar-refractivity contribution in [1.29, 1.82) is 0 Å². The lowest BCUT2D eigenvalue weighted by molar-refractivity contribution is 0.0655. The summed E-state index contributed by atoms with van der Waals surface area (Å²) >= 11 is 6.24. The fourth-order valence-electron chi connectivity index (χ4n) is 4.77. The number of fused-ring (bicyclic) bond motifs is 2. The van der Waals surface area contributed by atoms with Crippen LogP contribution in [0.15, 0.2) is 42.5 Å². The molecule has 0 radical (unpaired) electrons. The van der Waals surface area contributed by atoms with Crippen LogP contribution in [-0.2, 0) is 6.54 Å². The van der Waals surface area contributed by atoms with E-state index >= 15 is 0 Å². The zero-order valence-corrected chi connectivity index (χ0v) is 18.2. The van der Waals surface area contributed by atoms with Crippen molar-refractivity contribution in [3.8, 4) is 0 Å². The number of amides is 2. The van der Waals surface area contributed by atoms with Gasteiger partial charge in [-0.05, 0) is 43.5 Å². The van der Waals surface area contributed by atoms with Crippen LogP contribution in [0.25, 0.3) is 10.9 Å². The fourth-order valence-corrected chi connectivity index (χ4v) is 4.95. The Bertz CT molecular complexity index is 1200. The molecule has 6 heteroatoms. The first-order valence-electron chi connectivity index (χ1n) is 10.8. The Morgan fingerprint density at radius 1 is 1.13 bits per heavy atom. The van der Waals surface area contributed by atoms with Crippen molar-refractivity contribution in [1.82, 2.24) is 9.88 Å². The van der Waals surface area contributed by atoms with Crippen LogP contribution in [0, 0.1) is 6.92 Å². The van der Waals surface area contributed by atoms with Crippen LogP contribution >= 0.6 is 11.6 Å². The molecule has 158 valence electrons. The quantitative estimate of drug-likeness (QED) is 0.573. The van der Waals surface area contributed by atoms with Gasteiger partial charge >= 0.3 is 0 Å². The van der Waals surface area contributed by atoms with Gasteiger partial charge in [-0.25, -0.2) is 4.98 Å². The van der Waals surface area contributed by atoms with E-state index in [-0.39, 0.29) is 17.9 Å². The minimum atomic E-state index is -0.243. The number of rotatable bonds is 3. The predicted octanol–water partition coefficient (Wildman–Crippen LogP) is 5.74. The van der Waals surface area contributed by atoms with Crippen LogP contribution in [0.1, 0.15) is 64.1 Å². The number of hydrogen-bond donors (Lipinski definition) is 1. The summed E-state index contributed by atoms with van der Waals surface area (Å²) < 4.78 is 0. The lowest BCUT2D eigenvalue weighted by Gasteiger charge is -2.30. The molecule has 5 nitrogen and oxygen atoms in total. The molecule has 2 heterocycles. The highest BCUT2D eigenvalue weighted by atomic mass is 35.5. The van der Waals surface area contributed by atoms with Crippen molar-refractivity contribution in [2.24, 2.45) is 0 Å². The average Bonchev–Trinajstić information content (AvgIpc) is 3.11. The monoisotopic (exact) mass is 433 g/mol. The molecular weight excluding hydrogens is 410 g/mol. The Morgan fingerprint density at radius 3 is 2.68 bits per heavy atom. The fraction of sp³-hybridized carbons (Fsp3) is 0.320. The van der Waals surface area contributed by atoms with E-state index in [0.717, 1.165) is 42.2 Å². The molecule has 1 saturated carbocycles. The number of benzene rings is 2. The minimum absolute atomic E-state index is 0.0555. The normalized spacial score (nSPS) is 16.6.